The lowest BCUT2D eigenvalue weighted by Crippen LogP contribution is -2.62. The van der Waals surface area contributed by atoms with Crippen LogP contribution in [0.4, 0.5) is 15.0 Å². The van der Waals surface area contributed by atoms with Gasteiger partial charge in [-0.25, -0.2) is 23.5 Å². The van der Waals surface area contributed by atoms with Crippen LogP contribution in [0, 0.1) is 12.7 Å². The Morgan fingerprint density at radius 1 is 1.21 bits per heavy atom. The van der Waals surface area contributed by atoms with E-state index in [1.165, 1.54) is 10.6 Å². The molecule has 0 atom stereocenters. The van der Waals surface area contributed by atoms with Crippen LogP contribution in [0.15, 0.2) is 23.1 Å². The fraction of sp³-hybridized carbons (Fsp3) is 0.519. The lowest BCUT2D eigenvalue weighted by Gasteiger charge is -2.47. The average Bonchev–Trinajstić information content (AvgIpc) is 2.78. The molecule has 1 aliphatic rings. The minimum Gasteiger partial charge on any atom is -0.444 e. The van der Waals surface area contributed by atoms with Crippen molar-refractivity contribution in [2.75, 3.05) is 24.5 Å². The molecule has 1 aliphatic heterocycles. The number of rotatable bonds is 3. The number of aryl methyl sites for hydroxylation is 1. The molecule has 0 radical (unpaired) electrons. The van der Waals surface area contributed by atoms with Crippen molar-refractivity contribution >= 4 is 34.5 Å². The van der Waals surface area contributed by atoms with Gasteiger partial charge in [0.15, 0.2) is 16.6 Å². The quantitative estimate of drug-likeness (QED) is 0.416. The predicted molar refractivity (Wildman–Crippen MR) is 146 cm³/mol. The van der Waals surface area contributed by atoms with Crippen molar-refractivity contribution < 1.29 is 13.9 Å². The van der Waals surface area contributed by atoms with E-state index in [1.807, 2.05) is 60.3 Å². The number of anilines is 1. The summed E-state index contributed by atoms with van der Waals surface area (Å²) in [6, 6.07) is 3.06. The van der Waals surface area contributed by atoms with Gasteiger partial charge < -0.3 is 9.64 Å². The normalized spacial score (nSPS) is 15.9. The van der Waals surface area contributed by atoms with E-state index >= 15 is 0 Å². The van der Waals surface area contributed by atoms with Gasteiger partial charge in [0.2, 0.25) is 0 Å². The van der Waals surface area contributed by atoms with Crippen molar-refractivity contribution in [3.05, 3.63) is 51.0 Å². The molecule has 3 aromatic heterocycles. The van der Waals surface area contributed by atoms with Crippen molar-refractivity contribution in [2.45, 2.75) is 72.4 Å². The molecule has 204 valence electrons. The Morgan fingerprint density at radius 3 is 2.50 bits per heavy atom. The first kappa shape index (κ1) is 27.8. The molecular weight excluding hydrogens is 511 g/mol. The van der Waals surface area contributed by atoms with E-state index in [4.69, 9.17) is 16.3 Å². The number of pyridine rings is 2. The predicted octanol–water partition coefficient (Wildman–Crippen LogP) is 5.24. The number of carbonyl (C=O) groups is 1. The smallest absolute Gasteiger partial charge is 0.410 e. The third kappa shape index (κ3) is 5.18. The van der Waals surface area contributed by atoms with E-state index in [9.17, 15) is 14.0 Å². The first-order valence-corrected chi connectivity index (χ1v) is 13.0. The largest absolute Gasteiger partial charge is 0.444 e. The SMILES string of the molecule is Cc1ccnc(C(C)C)c1-n1c(=O)nc(N2CCN(C(=O)OC(C)(C)C)C(C)(C)C2)c2cc(F)c(Cl)nc21. The molecule has 1 saturated heterocycles. The zero-order valence-electron chi connectivity index (χ0n) is 23.1. The summed E-state index contributed by atoms with van der Waals surface area (Å²) in [5.41, 5.74) is 0.376. The number of fused-ring (bicyclic) bond motifs is 1. The first-order valence-electron chi connectivity index (χ1n) is 12.6. The molecule has 1 amide bonds. The van der Waals surface area contributed by atoms with Gasteiger partial charge >= 0.3 is 11.8 Å². The maximum absolute atomic E-state index is 14.8. The highest BCUT2D eigenvalue weighted by atomic mass is 35.5. The van der Waals surface area contributed by atoms with Crippen LogP contribution in [0.3, 0.4) is 0 Å². The van der Waals surface area contributed by atoms with Gasteiger partial charge in [-0.15, -0.1) is 0 Å². The minimum absolute atomic E-state index is 0.00387. The van der Waals surface area contributed by atoms with Crippen LogP contribution in [0.2, 0.25) is 5.15 Å². The summed E-state index contributed by atoms with van der Waals surface area (Å²) in [6.45, 7) is 16.1. The van der Waals surface area contributed by atoms with Crippen molar-refractivity contribution in [3.63, 3.8) is 0 Å². The molecule has 4 rings (SSSR count). The number of carbonyl (C=O) groups excluding carboxylic acids is 1. The monoisotopic (exact) mass is 544 g/mol. The Kier molecular flexibility index (Phi) is 7.16. The molecule has 0 aromatic carbocycles. The third-order valence-corrected chi connectivity index (χ3v) is 6.76. The zero-order chi connectivity index (χ0) is 28.2. The summed E-state index contributed by atoms with van der Waals surface area (Å²) in [4.78, 5) is 43.3. The highest BCUT2D eigenvalue weighted by molar-refractivity contribution is 6.30. The molecule has 0 unspecified atom stereocenters. The summed E-state index contributed by atoms with van der Waals surface area (Å²) in [5.74, 6) is -0.427. The van der Waals surface area contributed by atoms with Crippen LogP contribution in [0.5, 0.6) is 0 Å². The molecule has 0 saturated carbocycles. The number of hydrogen-bond acceptors (Lipinski definition) is 7. The van der Waals surface area contributed by atoms with Gasteiger partial charge in [0, 0.05) is 25.8 Å². The van der Waals surface area contributed by atoms with Crippen LogP contribution in [-0.2, 0) is 4.74 Å². The lowest BCUT2D eigenvalue weighted by molar-refractivity contribution is 0.000329. The summed E-state index contributed by atoms with van der Waals surface area (Å²) in [5, 5.41) is -0.00325. The van der Waals surface area contributed by atoms with Gasteiger partial charge in [-0.2, -0.15) is 4.98 Å². The van der Waals surface area contributed by atoms with Gasteiger partial charge in [0.25, 0.3) is 0 Å². The number of piperazine rings is 1. The Hall–Kier alpha value is -3.27. The van der Waals surface area contributed by atoms with E-state index in [-0.39, 0.29) is 22.5 Å². The number of ether oxygens (including phenoxy) is 1. The number of halogens is 2. The molecule has 0 spiro atoms. The Labute approximate surface area is 226 Å². The average molecular weight is 545 g/mol. The van der Waals surface area contributed by atoms with Crippen LogP contribution in [-0.4, -0.2) is 61.3 Å². The Balaban J connectivity index is 1.87. The fourth-order valence-electron chi connectivity index (χ4n) is 4.80. The standard InChI is InChI=1S/C27H34ClFN6O3/c1-15(2)19-20(16(3)9-10-30-19)35-23-17(13-18(29)21(28)31-23)22(32-24(35)36)33-11-12-34(27(7,8)14-33)25(37)38-26(4,5)6/h9-10,13,15H,11-12,14H2,1-8H3. The summed E-state index contributed by atoms with van der Waals surface area (Å²) in [6.07, 6.45) is 1.28. The number of amides is 1. The van der Waals surface area contributed by atoms with Gasteiger partial charge in [0.05, 0.1) is 22.3 Å². The Bertz CT molecular complexity index is 1460. The van der Waals surface area contributed by atoms with Gasteiger partial charge in [-0.1, -0.05) is 25.4 Å². The molecule has 1 fully saturated rings. The van der Waals surface area contributed by atoms with Crippen molar-refractivity contribution in [1.29, 1.82) is 0 Å². The second-order valence-electron chi connectivity index (χ2n) is 11.6. The van der Waals surface area contributed by atoms with E-state index in [2.05, 4.69) is 15.0 Å². The molecule has 0 aliphatic carbocycles. The van der Waals surface area contributed by atoms with Crippen molar-refractivity contribution in [2.24, 2.45) is 0 Å². The Morgan fingerprint density at radius 2 is 1.89 bits per heavy atom. The van der Waals surface area contributed by atoms with E-state index in [1.54, 1.807) is 17.2 Å². The molecule has 4 heterocycles. The zero-order valence-corrected chi connectivity index (χ0v) is 23.9. The van der Waals surface area contributed by atoms with Crippen LogP contribution in [0.25, 0.3) is 16.7 Å². The topological polar surface area (TPSA) is 93.5 Å². The van der Waals surface area contributed by atoms with E-state index in [0.29, 0.717) is 36.4 Å². The van der Waals surface area contributed by atoms with Crippen molar-refractivity contribution in [3.8, 4) is 5.69 Å². The van der Waals surface area contributed by atoms with E-state index in [0.717, 1.165) is 5.56 Å². The number of hydrogen-bond donors (Lipinski definition) is 0. The second kappa shape index (κ2) is 9.80. The minimum atomic E-state index is -0.717. The van der Waals surface area contributed by atoms with E-state index < -0.39 is 28.7 Å². The summed E-state index contributed by atoms with van der Waals surface area (Å²) < 4.78 is 21.7. The lowest BCUT2D eigenvalue weighted by atomic mass is 9.99. The van der Waals surface area contributed by atoms with Crippen LogP contribution < -0.4 is 10.6 Å². The van der Waals surface area contributed by atoms with Gasteiger partial charge in [-0.05, 0) is 65.2 Å². The first-order chi connectivity index (χ1) is 17.6. The highest BCUT2D eigenvalue weighted by Gasteiger charge is 2.40. The fourth-order valence-corrected chi connectivity index (χ4v) is 4.94. The van der Waals surface area contributed by atoms with Gasteiger partial charge in [-0.3, -0.25) is 9.88 Å². The molecule has 3 aromatic rings. The molecule has 38 heavy (non-hydrogen) atoms. The van der Waals surface area contributed by atoms with Crippen LogP contribution in [0.1, 0.15) is 65.6 Å². The maximum Gasteiger partial charge on any atom is 0.410 e. The summed E-state index contributed by atoms with van der Waals surface area (Å²) >= 11 is 6.12. The summed E-state index contributed by atoms with van der Waals surface area (Å²) in [7, 11) is 0. The molecule has 0 N–H and O–H groups in total. The second-order valence-corrected chi connectivity index (χ2v) is 11.9. The molecule has 11 heteroatoms. The maximum atomic E-state index is 14.8. The highest BCUT2D eigenvalue weighted by Crippen LogP contribution is 2.33. The van der Waals surface area contributed by atoms with Crippen LogP contribution >= 0.6 is 11.6 Å². The molecule has 0 bridgehead atoms. The number of nitrogens with zero attached hydrogens (tertiary/aromatic N) is 6. The molecule has 9 nitrogen and oxygen atoms in total. The third-order valence-electron chi connectivity index (χ3n) is 6.50. The number of aromatic nitrogens is 4. The molecular formula is C27H34ClFN6O3. The van der Waals surface area contributed by atoms with Crippen molar-refractivity contribution in [1.82, 2.24) is 24.4 Å². The van der Waals surface area contributed by atoms with Gasteiger partial charge in [0.1, 0.15) is 11.4 Å².